The maximum absolute atomic E-state index is 12.2. The zero-order chi connectivity index (χ0) is 22.9. The van der Waals surface area contributed by atoms with Gasteiger partial charge in [0.15, 0.2) is 13.1 Å². The average molecular weight is 522 g/mol. The van der Waals surface area contributed by atoms with E-state index in [4.69, 9.17) is 0 Å². The zero-order valence-corrected chi connectivity index (χ0v) is 20.2. The predicted octanol–water partition coefficient (Wildman–Crippen LogP) is 3.07. The minimum atomic E-state index is 0. The van der Waals surface area contributed by atoms with Crippen molar-refractivity contribution in [1.82, 2.24) is 19.9 Å². The number of nitrogens with zero attached hydrogens (tertiary/aromatic N) is 4. The normalized spacial score (nSPS) is 11.6. The number of benzene rings is 2. The molecule has 2 aromatic heterocycles. The highest BCUT2D eigenvalue weighted by atomic mass is 79.9. The van der Waals surface area contributed by atoms with Crippen molar-refractivity contribution in [2.75, 3.05) is 12.0 Å². The minimum Gasteiger partial charge on any atom is -0.357 e. The van der Waals surface area contributed by atoms with E-state index in [-0.39, 0.29) is 41.6 Å². The molecule has 0 unspecified atom stereocenters. The summed E-state index contributed by atoms with van der Waals surface area (Å²) in [6, 6.07) is 18.4. The summed E-state index contributed by atoms with van der Waals surface area (Å²) in [6.07, 6.45) is 8.76. The van der Waals surface area contributed by atoms with E-state index in [1.807, 2.05) is 42.6 Å². The predicted molar refractivity (Wildman–Crippen MR) is 134 cm³/mol. The number of nitrogens with one attached hydrogen (secondary N) is 2. The Bertz CT molecular complexity index is 1120. The van der Waals surface area contributed by atoms with Crippen LogP contribution < -0.4 is 15.2 Å². The number of hydrogen-bond donors (Lipinski definition) is 2. The quantitative estimate of drug-likeness (QED) is 0.299. The number of rotatable bonds is 6. The molecule has 0 radical (unpaired) electrons. The van der Waals surface area contributed by atoms with Gasteiger partial charge in [-0.15, -0.1) is 17.0 Å². The van der Waals surface area contributed by atoms with Gasteiger partial charge in [0, 0.05) is 29.4 Å². The van der Waals surface area contributed by atoms with Gasteiger partial charge in [-0.2, -0.15) is 0 Å². The molecule has 174 valence electrons. The second-order valence-corrected chi connectivity index (χ2v) is 7.51. The van der Waals surface area contributed by atoms with E-state index in [1.54, 1.807) is 58.4 Å². The molecule has 34 heavy (non-hydrogen) atoms. The smallest absolute Gasteiger partial charge is 0.244 e. The molecule has 0 aliphatic carbocycles. The van der Waals surface area contributed by atoms with Crippen molar-refractivity contribution in [3.8, 4) is 0 Å². The summed E-state index contributed by atoms with van der Waals surface area (Å²) in [6.45, 7) is 2.18. The molecule has 2 N–H and O–H groups in total. The highest BCUT2D eigenvalue weighted by Crippen LogP contribution is 2.11. The Morgan fingerprint density at radius 2 is 1.65 bits per heavy atom. The van der Waals surface area contributed by atoms with Crippen molar-refractivity contribution in [1.29, 1.82) is 0 Å². The summed E-state index contributed by atoms with van der Waals surface area (Å²) in [5.41, 5.74) is 2.51. The number of carbonyl (C=O) groups is 2. The Labute approximate surface area is 208 Å². The molecule has 1 aliphatic heterocycles. The molecule has 1 aliphatic rings. The summed E-state index contributed by atoms with van der Waals surface area (Å²) in [4.78, 5) is 32.3. The van der Waals surface area contributed by atoms with Crippen molar-refractivity contribution >= 4 is 34.4 Å². The third-order valence-corrected chi connectivity index (χ3v) is 5.07. The maximum atomic E-state index is 12.2. The van der Waals surface area contributed by atoms with Gasteiger partial charge < -0.3 is 5.32 Å². The van der Waals surface area contributed by atoms with Crippen LogP contribution in [0.3, 0.4) is 0 Å². The molecule has 5 rings (SSSR count). The second-order valence-electron chi connectivity index (χ2n) is 7.51. The summed E-state index contributed by atoms with van der Waals surface area (Å²) in [5, 5.41) is 6.25. The second kappa shape index (κ2) is 12.5. The molecule has 3 heterocycles. The van der Waals surface area contributed by atoms with Crippen LogP contribution in [0, 0.1) is 0 Å². The molecular formula is C25H26BrN6O2+. The molecule has 2 aromatic carbocycles. The van der Waals surface area contributed by atoms with E-state index >= 15 is 0 Å². The highest BCUT2D eigenvalue weighted by molar-refractivity contribution is 8.93. The molecule has 8 nitrogen and oxygen atoms in total. The Morgan fingerprint density at radius 1 is 0.971 bits per heavy atom. The summed E-state index contributed by atoms with van der Waals surface area (Å²) in [7, 11) is 0. The van der Waals surface area contributed by atoms with Gasteiger partial charge in [0.2, 0.25) is 17.9 Å². The molecular weight excluding hydrogens is 496 g/mol. The molecule has 0 fully saturated rings. The topological polar surface area (TPSA) is 92.8 Å². The van der Waals surface area contributed by atoms with Crippen molar-refractivity contribution in [3.05, 3.63) is 109 Å². The van der Waals surface area contributed by atoms with E-state index in [9.17, 15) is 9.59 Å². The van der Waals surface area contributed by atoms with Crippen LogP contribution in [0.15, 0.2) is 91.9 Å². The number of anilines is 1. The lowest BCUT2D eigenvalue weighted by Gasteiger charge is -2.16. The Balaban J connectivity index is 0.000000246. The third kappa shape index (κ3) is 6.90. The van der Waals surface area contributed by atoms with Crippen LogP contribution in [-0.2, 0) is 19.6 Å². The number of carbonyl (C=O) groups excluding carboxylic acids is 2. The molecule has 0 spiro atoms. The SMILES string of the molecule is Br.O=C(Cn1cc[n+](CC(=O)c2ccccc2)c1)c1ccccc1.c1ncc2c(n1)NCNC2. The molecule has 9 heteroatoms. The number of hydrogen-bond acceptors (Lipinski definition) is 6. The van der Waals surface area contributed by atoms with Gasteiger partial charge in [0.05, 0.1) is 6.67 Å². The minimum absolute atomic E-state index is 0. The van der Waals surface area contributed by atoms with E-state index in [2.05, 4.69) is 20.6 Å². The van der Waals surface area contributed by atoms with Gasteiger partial charge in [-0.05, 0) is 0 Å². The van der Waals surface area contributed by atoms with Crippen molar-refractivity contribution in [2.45, 2.75) is 19.6 Å². The number of ketones is 2. The Kier molecular flexibility index (Phi) is 9.19. The number of halogens is 1. The first-order valence-corrected chi connectivity index (χ1v) is 10.6. The van der Waals surface area contributed by atoms with Gasteiger partial charge in [-0.3, -0.25) is 14.9 Å². The molecule has 4 aromatic rings. The standard InChI is InChI=1S/C19H17N2O2.C6H8N4.BrH/c22-18(16-7-3-1-4-8-16)13-20-11-12-21(15-20)14-19(23)17-9-5-2-6-10-17;1-5-2-8-4-10-6(5)9-3-7-1;/h1-12,15H,13-14H2;1,3,8H,2,4H2,(H,7,9,10);1H/q+1;;. The van der Waals surface area contributed by atoms with Crippen LogP contribution in [-0.4, -0.2) is 32.8 Å². The van der Waals surface area contributed by atoms with Crippen LogP contribution in [0.1, 0.15) is 26.3 Å². The lowest BCUT2D eigenvalue weighted by molar-refractivity contribution is -0.682. The zero-order valence-electron chi connectivity index (χ0n) is 18.5. The van der Waals surface area contributed by atoms with Crippen LogP contribution in [0.5, 0.6) is 0 Å². The number of fused-ring (bicyclic) bond motifs is 1. The fraction of sp³-hybridized carbons (Fsp3) is 0.160. The van der Waals surface area contributed by atoms with Crippen molar-refractivity contribution in [2.24, 2.45) is 0 Å². The fourth-order valence-corrected chi connectivity index (χ4v) is 3.38. The van der Waals surface area contributed by atoms with Crippen molar-refractivity contribution < 1.29 is 14.2 Å². The van der Waals surface area contributed by atoms with Crippen LogP contribution >= 0.6 is 17.0 Å². The molecule has 0 atom stereocenters. The van der Waals surface area contributed by atoms with Crippen LogP contribution in [0.4, 0.5) is 5.82 Å². The lowest BCUT2D eigenvalue weighted by atomic mass is 10.1. The Hall–Kier alpha value is -3.69. The largest absolute Gasteiger partial charge is 0.357 e. The van der Waals surface area contributed by atoms with Gasteiger partial charge in [0.25, 0.3) is 0 Å². The first-order valence-electron chi connectivity index (χ1n) is 10.6. The Morgan fingerprint density at radius 3 is 2.32 bits per heavy atom. The van der Waals surface area contributed by atoms with E-state index in [0.717, 1.165) is 24.6 Å². The van der Waals surface area contributed by atoms with Crippen LogP contribution in [0.25, 0.3) is 0 Å². The lowest BCUT2D eigenvalue weighted by Crippen LogP contribution is -2.36. The molecule has 0 saturated heterocycles. The summed E-state index contributed by atoms with van der Waals surface area (Å²) in [5.74, 6) is 1.04. The van der Waals surface area contributed by atoms with Gasteiger partial charge in [-0.1, -0.05) is 60.7 Å². The monoisotopic (exact) mass is 521 g/mol. The summed E-state index contributed by atoms with van der Waals surface area (Å²) >= 11 is 0. The first-order chi connectivity index (χ1) is 16.2. The van der Waals surface area contributed by atoms with E-state index in [1.165, 1.54) is 0 Å². The van der Waals surface area contributed by atoms with E-state index in [0.29, 0.717) is 11.1 Å². The third-order valence-electron chi connectivity index (χ3n) is 5.07. The van der Waals surface area contributed by atoms with Gasteiger partial charge in [0.1, 0.15) is 24.5 Å². The number of aromatic nitrogens is 4. The maximum Gasteiger partial charge on any atom is 0.244 e. The molecule has 0 bridgehead atoms. The van der Waals surface area contributed by atoms with Gasteiger partial charge >= 0.3 is 0 Å². The first kappa shape index (κ1) is 24.9. The fourth-order valence-electron chi connectivity index (χ4n) is 3.38. The van der Waals surface area contributed by atoms with Crippen LogP contribution in [0.2, 0.25) is 0 Å². The molecule has 0 saturated carbocycles. The van der Waals surface area contributed by atoms with E-state index < -0.39 is 0 Å². The number of imidazole rings is 1. The summed E-state index contributed by atoms with van der Waals surface area (Å²) < 4.78 is 3.57. The molecule has 0 amide bonds. The highest BCUT2D eigenvalue weighted by Gasteiger charge is 2.14. The number of Topliss-reactive ketones (excluding diaryl/α,β-unsaturated/α-hetero) is 2. The van der Waals surface area contributed by atoms with Gasteiger partial charge in [-0.25, -0.2) is 19.1 Å². The van der Waals surface area contributed by atoms with Crippen molar-refractivity contribution in [3.63, 3.8) is 0 Å². The average Bonchev–Trinajstić information content (AvgIpc) is 3.32.